The van der Waals surface area contributed by atoms with Gasteiger partial charge in [-0.15, -0.1) is 0 Å². The molecule has 0 aromatic carbocycles. The van der Waals surface area contributed by atoms with Gasteiger partial charge < -0.3 is 18.9 Å². The van der Waals surface area contributed by atoms with Crippen molar-refractivity contribution in [2.24, 2.45) is 0 Å². The van der Waals surface area contributed by atoms with Crippen LogP contribution in [0.5, 0.6) is 0 Å². The summed E-state index contributed by atoms with van der Waals surface area (Å²) in [4.78, 5) is 36.0. The summed E-state index contributed by atoms with van der Waals surface area (Å²) in [6, 6.07) is 0. The van der Waals surface area contributed by atoms with Crippen LogP contribution in [-0.4, -0.2) is 74.9 Å². The second-order valence-corrected chi connectivity index (χ2v) is 32.0. The molecule has 0 amide bonds. The predicted octanol–water partition coefficient (Wildman–Crippen LogP) is 29.2. The van der Waals surface area contributed by atoms with Gasteiger partial charge in [0.2, 0.25) is 0 Å². The zero-order chi connectivity index (χ0) is 72.5. The maximum Gasteiger partial charge on any atom is 0.472 e. The lowest BCUT2D eigenvalue weighted by Gasteiger charge is -2.24. The third-order valence-corrected chi connectivity index (χ3v) is 20.4. The summed E-state index contributed by atoms with van der Waals surface area (Å²) in [5, 5.41) is 0. The highest BCUT2D eigenvalue weighted by Crippen LogP contribution is 2.43. The molecule has 0 bridgehead atoms. The molecule has 1 N–H and O–H groups in total. The number of carbonyl (C=O) groups excluding carboxylic acids is 2. The summed E-state index contributed by atoms with van der Waals surface area (Å²) >= 11 is 0. The molecule has 0 fully saturated rings. The number of carbonyl (C=O) groups is 2. The van der Waals surface area contributed by atoms with Crippen LogP contribution in [0.3, 0.4) is 0 Å². The molecule has 0 radical (unpaired) electrons. The molecule has 100 heavy (non-hydrogen) atoms. The second kappa shape index (κ2) is 80.3. The van der Waals surface area contributed by atoms with E-state index in [0.717, 1.165) is 70.6 Å². The Bertz CT molecular complexity index is 1970. The monoisotopic (exact) mass is 1420 g/mol. The Morgan fingerprint density at radius 2 is 0.570 bits per heavy atom. The number of phosphoric acid groups is 1. The third kappa shape index (κ3) is 84.1. The first-order chi connectivity index (χ1) is 49.0. The van der Waals surface area contributed by atoms with Crippen LogP contribution >= 0.6 is 7.82 Å². The fourth-order valence-electron chi connectivity index (χ4n) is 12.8. The highest BCUT2D eigenvalue weighted by molar-refractivity contribution is 7.47. The Morgan fingerprint density at radius 1 is 0.320 bits per heavy atom. The molecular weight excluding hydrogens is 1250 g/mol. The summed E-state index contributed by atoms with van der Waals surface area (Å²) in [5.74, 6) is -0.774. The Hall–Kier alpha value is -2.81. The zero-order valence-electron chi connectivity index (χ0n) is 66.9. The molecule has 2 atom stereocenters. The van der Waals surface area contributed by atoms with E-state index in [-0.39, 0.29) is 25.6 Å². The quantitative estimate of drug-likeness (QED) is 0.0211. The van der Waals surface area contributed by atoms with Gasteiger partial charge in [0, 0.05) is 12.8 Å². The minimum atomic E-state index is -4.40. The van der Waals surface area contributed by atoms with E-state index in [1.165, 1.54) is 321 Å². The average molecular weight is 1420 g/mol. The maximum atomic E-state index is 12.9. The molecule has 0 aliphatic rings. The van der Waals surface area contributed by atoms with E-state index in [1.54, 1.807) is 0 Å². The molecule has 0 rings (SSSR count). The second-order valence-electron chi connectivity index (χ2n) is 30.5. The topological polar surface area (TPSA) is 108 Å². The number of nitrogens with zero attached hydrogens (tertiary/aromatic N) is 1. The van der Waals surface area contributed by atoms with Crippen molar-refractivity contribution in [3.05, 3.63) is 85.1 Å². The van der Waals surface area contributed by atoms with E-state index >= 15 is 0 Å². The molecule has 0 aromatic heterocycles. The first-order valence-electron chi connectivity index (χ1n) is 43.3. The highest BCUT2D eigenvalue weighted by atomic mass is 31.2. The largest absolute Gasteiger partial charge is 0.472 e. The molecule has 0 aromatic rings. The van der Waals surface area contributed by atoms with Crippen LogP contribution in [0.25, 0.3) is 0 Å². The van der Waals surface area contributed by atoms with Gasteiger partial charge >= 0.3 is 19.8 Å². The van der Waals surface area contributed by atoms with Gasteiger partial charge in [0.25, 0.3) is 0 Å². The van der Waals surface area contributed by atoms with Crippen LogP contribution in [0.15, 0.2) is 85.1 Å². The number of allylic oxidation sites excluding steroid dienone is 14. The van der Waals surface area contributed by atoms with Gasteiger partial charge in [-0.2, -0.15) is 0 Å². The molecule has 2 unspecified atom stereocenters. The number of likely N-dealkylation sites (N-methyl/N-ethyl adjacent to an activating group) is 1. The molecule has 10 heteroatoms. The van der Waals surface area contributed by atoms with Gasteiger partial charge in [-0.1, -0.05) is 407 Å². The number of quaternary nitrogens is 1. The molecule has 0 saturated heterocycles. The first-order valence-corrected chi connectivity index (χ1v) is 44.8. The summed E-state index contributed by atoms with van der Waals surface area (Å²) in [5.41, 5.74) is 0. The van der Waals surface area contributed by atoms with Crippen molar-refractivity contribution < 1.29 is 42.1 Å². The fourth-order valence-corrected chi connectivity index (χ4v) is 13.6. The molecule has 584 valence electrons. The predicted molar refractivity (Wildman–Crippen MR) is 436 cm³/mol. The van der Waals surface area contributed by atoms with Crippen molar-refractivity contribution >= 4 is 19.8 Å². The fraction of sp³-hybridized carbons (Fsp3) is 0.822. The molecule has 9 nitrogen and oxygen atoms in total. The van der Waals surface area contributed by atoms with Crippen LogP contribution in [0.2, 0.25) is 0 Å². The van der Waals surface area contributed by atoms with E-state index in [1.807, 2.05) is 21.1 Å². The molecule has 0 heterocycles. The van der Waals surface area contributed by atoms with Crippen LogP contribution in [0, 0.1) is 0 Å². The Labute approximate surface area is 621 Å². The number of unbranched alkanes of at least 4 members (excludes halogenated alkanes) is 53. The van der Waals surface area contributed by atoms with Gasteiger partial charge in [0.05, 0.1) is 27.7 Å². The summed E-state index contributed by atoms with van der Waals surface area (Å²) in [6.07, 6.45) is 112. The van der Waals surface area contributed by atoms with E-state index in [0.29, 0.717) is 23.9 Å². The molecule has 0 aliphatic heterocycles. The lowest BCUT2D eigenvalue weighted by atomic mass is 10.0. The standard InChI is InChI=1S/C90H166NO8P/c1-6-8-10-12-14-16-18-20-22-24-26-28-30-32-34-36-38-40-42-44-45-47-48-50-52-54-56-58-60-62-64-66-68-70-72-74-76-78-80-82-89(92)96-86-88(87-98-100(94,95)97-85-84-91(3,4)5)99-90(93)83-81-79-77-75-73-71-69-67-65-63-61-59-57-55-53-51-49-46-43-41-39-37-35-33-31-29-27-25-23-21-19-17-15-13-11-9-7-2/h9,11,15,17-18,20-21,23-24,26-27,29,33,35,88H,6-8,10,12-14,16,19,22,25,28,30-32,34,36-87H2,1-5H3/p+1/b11-9-,17-15-,20-18-,23-21-,26-24-,29-27-,35-33-. The van der Waals surface area contributed by atoms with Crippen molar-refractivity contribution in [2.75, 3.05) is 47.5 Å². The minimum Gasteiger partial charge on any atom is -0.462 e. The Kier molecular flexibility index (Phi) is 78.0. The third-order valence-electron chi connectivity index (χ3n) is 19.4. The van der Waals surface area contributed by atoms with Gasteiger partial charge in [0.1, 0.15) is 19.8 Å². The number of hydrogen-bond donors (Lipinski definition) is 1. The SMILES string of the molecule is CC/C=C\C/C=C\C/C=C\C/C=C\C/C=C\CCCCCCCCCCCCCCCCCCCCCCCC(=O)OC(COC(=O)CCCCCCCCCCCCCCCCCCCCCCCCCCCCC/C=C\C/C=C\CCCCCCC)COP(=O)(O)OCC[N+](C)(C)C. The van der Waals surface area contributed by atoms with Gasteiger partial charge in [-0.05, 0) is 89.9 Å². The zero-order valence-corrected chi connectivity index (χ0v) is 67.8. The highest BCUT2D eigenvalue weighted by Gasteiger charge is 2.27. The normalized spacial score (nSPS) is 13.4. The van der Waals surface area contributed by atoms with Crippen LogP contribution in [0.1, 0.15) is 425 Å². The molecule has 0 spiro atoms. The smallest absolute Gasteiger partial charge is 0.462 e. The van der Waals surface area contributed by atoms with E-state index < -0.39 is 26.5 Å². The minimum absolute atomic E-state index is 0.0333. The summed E-state index contributed by atoms with van der Waals surface area (Å²) in [7, 11) is 1.50. The van der Waals surface area contributed by atoms with Gasteiger partial charge in [-0.25, -0.2) is 4.57 Å². The Balaban J connectivity index is 3.87. The number of hydrogen-bond acceptors (Lipinski definition) is 7. The van der Waals surface area contributed by atoms with Crippen LogP contribution in [-0.2, 0) is 32.7 Å². The Morgan fingerprint density at radius 3 is 0.850 bits per heavy atom. The molecular formula is C90H167NO8P+. The molecule has 0 saturated carbocycles. The number of rotatable bonds is 81. The average Bonchev–Trinajstić information content (AvgIpc) is 1.02. The van der Waals surface area contributed by atoms with Crippen LogP contribution < -0.4 is 0 Å². The van der Waals surface area contributed by atoms with E-state index in [2.05, 4.69) is 98.9 Å². The maximum absolute atomic E-state index is 12.9. The van der Waals surface area contributed by atoms with Gasteiger partial charge in [-0.3, -0.25) is 18.6 Å². The van der Waals surface area contributed by atoms with Crippen molar-refractivity contribution in [1.82, 2.24) is 0 Å². The van der Waals surface area contributed by atoms with Crippen molar-refractivity contribution in [3.63, 3.8) is 0 Å². The number of ether oxygens (including phenoxy) is 2. The first kappa shape index (κ1) is 97.2. The van der Waals surface area contributed by atoms with Gasteiger partial charge in [0.15, 0.2) is 6.10 Å². The molecule has 0 aliphatic carbocycles. The van der Waals surface area contributed by atoms with E-state index in [9.17, 15) is 19.0 Å². The van der Waals surface area contributed by atoms with Crippen LogP contribution in [0.4, 0.5) is 0 Å². The van der Waals surface area contributed by atoms with E-state index in [4.69, 9.17) is 18.5 Å². The summed E-state index contributed by atoms with van der Waals surface area (Å²) < 4.78 is 34.9. The summed E-state index contributed by atoms with van der Waals surface area (Å²) in [6.45, 7) is 4.38. The lowest BCUT2D eigenvalue weighted by Crippen LogP contribution is -2.37. The number of phosphoric ester groups is 1. The van der Waals surface area contributed by atoms with Crippen molar-refractivity contribution in [3.8, 4) is 0 Å². The number of esters is 2. The van der Waals surface area contributed by atoms with Crippen molar-refractivity contribution in [1.29, 1.82) is 0 Å². The lowest BCUT2D eigenvalue weighted by molar-refractivity contribution is -0.870. The van der Waals surface area contributed by atoms with Crippen molar-refractivity contribution in [2.45, 2.75) is 431 Å².